The Labute approximate surface area is 95.6 Å². The highest BCUT2D eigenvalue weighted by atomic mass is 16.5. The summed E-state index contributed by atoms with van der Waals surface area (Å²) < 4.78 is 10.6. The SMILES string of the molecule is COC(C)(C)c1noc([C@@H]2CCCCN2)n1. The topological polar surface area (TPSA) is 60.2 Å². The fourth-order valence-electron chi connectivity index (χ4n) is 1.78. The summed E-state index contributed by atoms with van der Waals surface area (Å²) in [5.41, 5.74) is -0.490. The summed E-state index contributed by atoms with van der Waals surface area (Å²) >= 11 is 0. The predicted molar refractivity (Wildman–Crippen MR) is 58.9 cm³/mol. The lowest BCUT2D eigenvalue weighted by molar-refractivity contribution is 0.00973. The van der Waals surface area contributed by atoms with Gasteiger partial charge in [-0.15, -0.1) is 0 Å². The second kappa shape index (κ2) is 4.51. The smallest absolute Gasteiger partial charge is 0.243 e. The van der Waals surface area contributed by atoms with Gasteiger partial charge in [0, 0.05) is 7.11 Å². The molecule has 16 heavy (non-hydrogen) atoms. The second-order valence-corrected chi connectivity index (χ2v) is 4.67. The number of nitrogens with zero attached hydrogens (tertiary/aromatic N) is 2. The molecule has 5 nitrogen and oxygen atoms in total. The molecule has 1 aromatic heterocycles. The van der Waals surface area contributed by atoms with Gasteiger partial charge in [-0.05, 0) is 33.2 Å². The lowest BCUT2D eigenvalue weighted by atomic mass is 10.1. The Balaban J connectivity index is 2.12. The van der Waals surface area contributed by atoms with Gasteiger partial charge in [0.2, 0.25) is 11.7 Å². The first-order valence-electron chi connectivity index (χ1n) is 5.76. The second-order valence-electron chi connectivity index (χ2n) is 4.67. The Morgan fingerprint density at radius 1 is 1.44 bits per heavy atom. The van der Waals surface area contributed by atoms with Gasteiger partial charge in [-0.2, -0.15) is 4.98 Å². The quantitative estimate of drug-likeness (QED) is 0.849. The molecule has 0 aromatic carbocycles. The van der Waals surface area contributed by atoms with E-state index in [2.05, 4.69) is 15.5 Å². The van der Waals surface area contributed by atoms with Gasteiger partial charge < -0.3 is 14.6 Å². The minimum atomic E-state index is -0.490. The van der Waals surface area contributed by atoms with Crippen LogP contribution < -0.4 is 5.32 Å². The molecule has 0 amide bonds. The molecule has 1 saturated heterocycles. The van der Waals surface area contributed by atoms with Gasteiger partial charge in [-0.25, -0.2) is 0 Å². The van der Waals surface area contributed by atoms with Gasteiger partial charge in [0.25, 0.3) is 0 Å². The third-order valence-electron chi connectivity index (χ3n) is 3.10. The molecule has 1 aliphatic heterocycles. The van der Waals surface area contributed by atoms with Crippen LogP contribution in [-0.4, -0.2) is 23.8 Å². The van der Waals surface area contributed by atoms with Gasteiger partial charge >= 0.3 is 0 Å². The molecule has 1 fully saturated rings. The number of rotatable bonds is 3. The number of piperidine rings is 1. The molecule has 90 valence electrons. The molecule has 5 heteroatoms. The Kier molecular flexibility index (Phi) is 3.25. The van der Waals surface area contributed by atoms with Crippen LogP contribution in [0.2, 0.25) is 0 Å². The van der Waals surface area contributed by atoms with E-state index in [1.165, 1.54) is 12.8 Å². The van der Waals surface area contributed by atoms with E-state index in [-0.39, 0.29) is 6.04 Å². The fourth-order valence-corrected chi connectivity index (χ4v) is 1.78. The van der Waals surface area contributed by atoms with Crippen molar-refractivity contribution in [2.75, 3.05) is 13.7 Å². The van der Waals surface area contributed by atoms with E-state index >= 15 is 0 Å². The largest absolute Gasteiger partial charge is 0.371 e. The van der Waals surface area contributed by atoms with Gasteiger partial charge in [-0.1, -0.05) is 11.6 Å². The van der Waals surface area contributed by atoms with Crippen LogP contribution in [0.3, 0.4) is 0 Å². The summed E-state index contributed by atoms with van der Waals surface area (Å²) in [7, 11) is 1.65. The van der Waals surface area contributed by atoms with Gasteiger partial charge in [0.1, 0.15) is 5.60 Å². The highest BCUT2D eigenvalue weighted by molar-refractivity contribution is 5.00. The first-order chi connectivity index (χ1) is 7.63. The predicted octanol–water partition coefficient (Wildman–Crippen LogP) is 1.77. The molecule has 1 atom stereocenters. The van der Waals surface area contributed by atoms with E-state index in [4.69, 9.17) is 9.26 Å². The number of ether oxygens (including phenoxy) is 1. The average molecular weight is 225 g/mol. The summed E-state index contributed by atoms with van der Waals surface area (Å²) in [4.78, 5) is 4.41. The number of nitrogens with one attached hydrogen (secondary N) is 1. The van der Waals surface area contributed by atoms with E-state index in [0.29, 0.717) is 11.7 Å². The van der Waals surface area contributed by atoms with Crippen LogP contribution in [0.1, 0.15) is 50.9 Å². The number of hydrogen-bond acceptors (Lipinski definition) is 5. The minimum absolute atomic E-state index is 0.211. The summed E-state index contributed by atoms with van der Waals surface area (Å²) in [6.07, 6.45) is 3.50. The van der Waals surface area contributed by atoms with Crippen LogP contribution >= 0.6 is 0 Å². The van der Waals surface area contributed by atoms with Gasteiger partial charge in [-0.3, -0.25) is 0 Å². The zero-order chi connectivity index (χ0) is 11.6. The molecule has 0 saturated carbocycles. The van der Waals surface area contributed by atoms with Crippen LogP contribution in [0.15, 0.2) is 4.52 Å². The molecular weight excluding hydrogens is 206 g/mol. The molecule has 0 bridgehead atoms. The van der Waals surface area contributed by atoms with Crippen LogP contribution in [0.5, 0.6) is 0 Å². The standard InChI is InChI=1S/C11H19N3O2/c1-11(2,15-3)10-13-9(16-14-10)8-6-4-5-7-12-8/h8,12H,4-7H2,1-3H3/t8-/m0/s1. The Bertz CT molecular complexity index is 343. The molecule has 0 unspecified atom stereocenters. The lowest BCUT2D eigenvalue weighted by Crippen LogP contribution is -2.27. The number of hydrogen-bond donors (Lipinski definition) is 1. The zero-order valence-electron chi connectivity index (χ0n) is 10.1. The summed E-state index contributed by atoms with van der Waals surface area (Å²) in [6.45, 7) is 4.88. The minimum Gasteiger partial charge on any atom is -0.371 e. The van der Waals surface area contributed by atoms with Gasteiger partial charge in [0.15, 0.2) is 0 Å². The highest BCUT2D eigenvalue weighted by Crippen LogP contribution is 2.25. The molecular formula is C11H19N3O2. The van der Waals surface area contributed by atoms with Crippen molar-refractivity contribution in [1.82, 2.24) is 15.5 Å². The van der Waals surface area contributed by atoms with Crippen molar-refractivity contribution in [3.05, 3.63) is 11.7 Å². The van der Waals surface area contributed by atoms with E-state index in [1.807, 2.05) is 13.8 Å². The van der Waals surface area contributed by atoms with E-state index in [9.17, 15) is 0 Å². The maximum Gasteiger partial charge on any atom is 0.243 e. The maximum atomic E-state index is 5.32. The van der Waals surface area contributed by atoms with Gasteiger partial charge in [0.05, 0.1) is 6.04 Å². The van der Waals surface area contributed by atoms with Crippen molar-refractivity contribution in [3.8, 4) is 0 Å². The van der Waals surface area contributed by atoms with Crippen molar-refractivity contribution >= 4 is 0 Å². The summed E-state index contributed by atoms with van der Waals surface area (Å²) in [5, 5.41) is 7.36. The Hall–Kier alpha value is -0.940. The molecule has 0 spiro atoms. The molecule has 1 aromatic rings. The van der Waals surface area contributed by atoms with Crippen LogP contribution in [-0.2, 0) is 10.3 Å². The molecule has 0 radical (unpaired) electrons. The third kappa shape index (κ3) is 2.25. The molecule has 2 rings (SSSR count). The van der Waals surface area contributed by atoms with Crippen molar-refractivity contribution < 1.29 is 9.26 Å². The highest BCUT2D eigenvalue weighted by Gasteiger charge is 2.28. The van der Waals surface area contributed by atoms with Crippen LogP contribution in [0.4, 0.5) is 0 Å². The van der Waals surface area contributed by atoms with Crippen molar-refractivity contribution in [3.63, 3.8) is 0 Å². The first kappa shape index (κ1) is 11.5. The summed E-state index contributed by atoms with van der Waals surface area (Å²) in [6, 6.07) is 0.211. The number of methoxy groups -OCH3 is 1. The van der Waals surface area contributed by atoms with E-state index in [1.54, 1.807) is 7.11 Å². The average Bonchev–Trinajstić information content (AvgIpc) is 2.80. The Morgan fingerprint density at radius 2 is 2.25 bits per heavy atom. The molecule has 0 aliphatic carbocycles. The molecule has 1 N–H and O–H groups in total. The molecule has 2 heterocycles. The Morgan fingerprint density at radius 3 is 2.88 bits per heavy atom. The molecule has 1 aliphatic rings. The van der Waals surface area contributed by atoms with Crippen molar-refractivity contribution in [2.24, 2.45) is 0 Å². The maximum absolute atomic E-state index is 5.32. The summed E-state index contributed by atoms with van der Waals surface area (Å²) in [5.74, 6) is 1.29. The lowest BCUT2D eigenvalue weighted by Gasteiger charge is -2.20. The van der Waals surface area contributed by atoms with Crippen molar-refractivity contribution in [1.29, 1.82) is 0 Å². The van der Waals surface area contributed by atoms with Crippen LogP contribution in [0, 0.1) is 0 Å². The van der Waals surface area contributed by atoms with E-state index in [0.717, 1.165) is 13.0 Å². The fraction of sp³-hybridized carbons (Fsp3) is 0.818. The zero-order valence-corrected chi connectivity index (χ0v) is 10.1. The number of aromatic nitrogens is 2. The third-order valence-corrected chi connectivity index (χ3v) is 3.10. The normalized spacial score (nSPS) is 22.3. The van der Waals surface area contributed by atoms with Crippen molar-refractivity contribution in [2.45, 2.75) is 44.8 Å². The van der Waals surface area contributed by atoms with Crippen LogP contribution in [0.25, 0.3) is 0 Å². The van der Waals surface area contributed by atoms with E-state index < -0.39 is 5.60 Å². The first-order valence-corrected chi connectivity index (χ1v) is 5.76. The monoisotopic (exact) mass is 225 g/mol.